The molecule has 1 aliphatic rings. The zero-order valence-corrected chi connectivity index (χ0v) is 17.9. The highest BCUT2D eigenvalue weighted by Crippen LogP contribution is 2.39. The summed E-state index contributed by atoms with van der Waals surface area (Å²) in [4.78, 5) is 8.93. The molecule has 0 amide bonds. The zero-order valence-electron chi connectivity index (χ0n) is 17.1. The van der Waals surface area contributed by atoms with E-state index in [4.69, 9.17) is 5.73 Å². The van der Waals surface area contributed by atoms with E-state index in [9.17, 15) is 13.3 Å². The first kappa shape index (κ1) is 20.7. The molecule has 0 bridgehead atoms. The number of nitrogens with two attached hydrogens (primary N) is 1. The maximum absolute atomic E-state index is 15.0. The molecular weight excluding hydrogens is 432 g/mol. The lowest BCUT2D eigenvalue weighted by atomic mass is 10.1. The molecule has 1 unspecified atom stereocenters. The van der Waals surface area contributed by atoms with Crippen LogP contribution in [-0.4, -0.2) is 19.1 Å². The summed E-state index contributed by atoms with van der Waals surface area (Å²) in [7, 11) is 0. The fourth-order valence-electron chi connectivity index (χ4n) is 4.27. The quantitative estimate of drug-likeness (QED) is 0.405. The third-order valence-corrected chi connectivity index (χ3v) is 6.97. The van der Waals surface area contributed by atoms with E-state index in [1.807, 2.05) is 6.20 Å². The van der Waals surface area contributed by atoms with Gasteiger partial charge in [-0.3, -0.25) is 0 Å². The van der Waals surface area contributed by atoms with Crippen molar-refractivity contribution in [3.05, 3.63) is 66.6 Å². The number of fused-ring (bicyclic) bond motifs is 1. The first-order valence-corrected chi connectivity index (χ1v) is 11.5. The second-order valence-electron chi connectivity index (χ2n) is 7.87. The average molecular weight is 454 g/mol. The van der Waals surface area contributed by atoms with Crippen molar-refractivity contribution in [3.63, 3.8) is 0 Å². The Morgan fingerprint density at radius 1 is 1.06 bits per heavy atom. The smallest absolute Gasteiger partial charge is 0.180 e. The van der Waals surface area contributed by atoms with E-state index < -0.39 is 23.0 Å². The van der Waals surface area contributed by atoms with Crippen molar-refractivity contribution in [1.29, 1.82) is 0 Å². The molecule has 2 heterocycles. The van der Waals surface area contributed by atoms with Crippen LogP contribution < -0.4 is 10.5 Å². The minimum absolute atomic E-state index is 0.0835. The van der Waals surface area contributed by atoms with Crippen molar-refractivity contribution in [2.45, 2.75) is 36.6 Å². The fourth-order valence-corrected chi connectivity index (χ4v) is 5.14. The molecule has 1 fully saturated rings. The number of nitrogen functional groups attached to an aromatic ring is 1. The summed E-state index contributed by atoms with van der Waals surface area (Å²) in [6.07, 6.45) is 7.90. The largest absolute Gasteiger partial charge is 0.588 e. The summed E-state index contributed by atoms with van der Waals surface area (Å²) in [5.41, 5.74) is 8.40. The van der Waals surface area contributed by atoms with Crippen LogP contribution in [0.5, 0.6) is 0 Å². The van der Waals surface area contributed by atoms with Crippen LogP contribution in [0.15, 0.2) is 59.9 Å². The van der Waals surface area contributed by atoms with Gasteiger partial charge in [0.1, 0.15) is 40.7 Å². The topological polar surface area (TPSA) is 91.8 Å². The second kappa shape index (κ2) is 8.40. The molecule has 6 nitrogen and oxygen atoms in total. The number of nitrogens with one attached hydrogen (secondary N) is 1. The SMILES string of the molecule is Nc1ncnc2c1c(-c1ccc(N[S+]([O-])c3ccc(F)cc3)c(F)c1)cn2C1CCCC1. The molecule has 1 saturated carbocycles. The lowest BCUT2D eigenvalue weighted by Crippen LogP contribution is -2.14. The van der Waals surface area contributed by atoms with Gasteiger partial charge in [-0.2, -0.15) is 0 Å². The highest BCUT2D eigenvalue weighted by molar-refractivity contribution is 7.92. The minimum Gasteiger partial charge on any atom is -0.588 e. The van der Waals surface area contributed by atoms with Crippen LogP contribution in [0.1, 0.15) is 31.7 Å². The molecule has 32 heavy (non-hydrogen) atoms. The van der Waals surface area contributed by atoms with E-state index in [1.54, 1.807) is 6.07 Å². The summed E-state index contributed by atoms with van der Waals surface area (Å²) in [6, 6.07) is 10.2. The summed E-state index contributed by atoms with van der Waals surface area (Å²) in [6.45, 7) is 0. The van der Waals surface area contributed by atoms with E-state index in [2.05, 4.69) is 19.3 Å². The number of hydrogen-bond acceptors (Lipinski definition) is 5. The van der Waals surface area contributed by atoms with Crippen LogP contribution in [0.25, 0.3) is 22.2 Å². The second-order valence-corrected chi connectivity index (χ2v) is 9.08. The van der Waals surface area contributed by atoms with Crippen molar-refractivity contribution in [2.24, 2.45) is 0 Å². The van der Waals surface area contributed by atoms with Crippen molar-refractivity contribution < 1.29 is 13.3 Å². The number of halogens is 2. The monoisotopic (exact) mass is 453 g/mol. The molecule has 4 aromatic rings. The molecule has 0 saturated heterocycles. The van der Waals surface area contributed by atoms with E-state index >= 15 is 0 Å². The average Bonchev–Trinajstić information content (AvgIpc) is 3.44. The van der Waals surface area contributed by atoms with Gasteiger partial charge >= 0.3 is 0 Å². The van der Waals surface area contributed by atoms with Crippen LogP contribution >= 0.6 is 0 Å². The molecule has 1 atom stereocenters. The highest BCUT2D eigenvalue weighted by Gasteiger charge is 2.23. The Morgan fingerprint density at radius 2 is 1.81 bits per heavy atom. The first-order chi connectivity index (χ1) is 15.5. The van der Waals surface area contributed by atoms with Gasteiger partial charge in [-0.15, -0.1) is 0 Å². The molecule has 5 rings (SSSR count). The van der Waals surface area contributed by atoms with Crippen molar-refractivity contribution in [3.8, 4) is 11.1 Å². The summed E-state index contributed by atoms with van der Waals surface area (Å²) in [5.74, 6) is -0.641. The van der Waals surface area contributed by atoms with E-state index in [1.165, 1.54) is 55.6 Å². The number of benzene rings is 2. The van der Waals surface area contributed by atoms with Crippen molar-refractivity contribution in [2.75, 3.05) is 10.5 Å². The van der Waals surface area contributed by atoms with Gasteiger partial charge in [-0.25, -0.2) is 23.5 Å². The van der Waals surface area contributed by atoms with Gasteiger partial charge in [0.2, 0.25) is 0 Å². The Balaban J connectivity index is 1.49. The third-order valence-electron chi connectivity index (χ3n) is 5.87. The molecule has 0 spiro atoms. The Bertz CT molecular complexity index is 1270. The van der Waals surface area contributed by atoms with Crippen LogP contribution in [0.3, 0.4) is 0 Å². The number of hydrogen-bond donors (Lipinski definition) is 2. The minimum atomic E-state index is -1.73. The Kier molecular flexibility index (Phi) is 5.44. The van der Waals surface area contributed by atoms with Crippen LogP contribution in [0, 0.1) is 11.6 Å². The van der Waals surface area contributed by atoms with Gasteiger partial charge in [0, 0.05) is 17.8 Å². The molecular formula is C23H21F2N5OS. The zero-order chi connectivity index (χ0) is 22.2. The predicted octanol–water partition coefficient (Wildman–Crippen LogP) is 5.21. The maximum atomic E-state index is 15.0. The lowest BCUT2D eigenvalue weighted by molar-refractivity contribution is 0.532. The Hall–Kier alpha value is -3.17. The van der Waals surface area contributed by atoms with E-state index in [0.29, 0.717) is 27.7 Å². The molecule has 9 heteroatoms. The van der Waals surface area contributed by atoms with Gasteiger partial charge in [-0.1, -0.05) is 18.9 Å². The standard InChI is InChI=1S/C23H21F2N5OS/c24-15-6-8-17(9-7-15)32(31)29-20-10-5-14(11-19(20)25)18-12-30(16-3-1-2-4-16)23-21(18)22(26)27-13-28-23/h5-13,16,29H,1-4H2,(H2,26,27,28). The third kappa shape index (κ3) is 3.78. The van der Waals surface area contributed by atoms with Gasteiger partial charge in [0.25, 0.3) is 0 Å². The van der Waals surface area contributed by atoms with E-state index in [0.717, 1.165) is 24.1 Å². The molecule has 2 aromatic heterocycles. The molecule has 3 N–H and O–H groups in total. The van der Waals surface area contributed by atoms with Crippen LogP contribution in [-0.2, 0) is 11.4 Å². The van der Waals surface area contributed by atoms with Gasteiger partial charge in [0.15, 0.2) is 10.7 Å². The highest BCUT2D eigenvalue weighted by atomic mass is 32.2. The van der Waals surface area contributed by atoms with Gasteiger partial charge in [0.05, 0.1) is 5.39 Å². The van der Waals surface area contributed by atoms with Gasteiger partial charge < -0.3 is 14.9 Å². The molecule has 0 aliphatic heterocycles. The summed E-state index contributed by atoms with van der Waals surface area (Å²) >= 11 is -1.73. The number of anilines is 2. The normalized spacial score (nSPS) is 15.3. The fraction of sp³-hybridized carbons (Fsp3) is 0.217. The number of nitrogens with zero attached hydrogens (tertiary/aromatic N) is 3. The first-order valence-electron chi connectivity index (χ1n) is 10.4. The van der Waals surface area contributed by atoms with Crippen molar-refractivity contribution in [1.82, 2.24) is 14.5 Å². The van der Waals surface area contributed by atoms with Gasteiger partial charge in [-0.05, 0) is 54.8 Å². The van der Waals surface area contributed by atoms with Crippen molar-refractivity contribution >= 4 is 33.9 Å². The lowest BCUT2D eigenvalue weighted by Gasteiger charge is -2.13. The molecule has 164 valence electrons. The van der Waals surface area contributed by atoms with E-state index in [-0.39, 0.29) is 5.69 Å². The molecule has 1 aliphatic carbocycles. The van der Waals surface area contributed by atoms with Crippen LogP contribution in [0.4, 0.5) is 20.3 Å². The van der Waals surface area contributed by atoms with Crippen LogP contribution in [0.2, 0.25) is 0 Å². The number of aromatic nitrogens is 3. The molecule has 2 aromatic carbocycles. The maximum Gasteiger partial charge on any atom is 0.180 e. The number of rotatable bonds is 5. The summed E-state index contributed by atoms with van der Waals surface area (Å²) < 4.78 is 45.3. The Labute approximate surface area is 186 Å². The predicted molar refractivity (Wildman–Crippen MR) is 121 cm³/mol. The molecule has 0 radical (unpaired) electrons. The Morgan fingerprint density at radius 3 is 2.53 bits per heavy atom. The summed E-state index contributed by atoms with van der Waals surface area (Å²) in [5, 5.41) is 0.703.